The Morgan fingerprint density at radius 2 is 1.56 bits per heavy atom. The Kier molecular flexibility index (Phi) is 6.17. The first-order chi connectivity index (χ1) is 11.9. The number of carbonyl (C=O) groups excluding carboxylic acids is 2. The highest BCUT2D eigenvalue weighted by Crippen LogP contribution is 2.19. The SMILES string of the molecule is CC(=O)N(C)c1ccc(NC(=O)NC(C)C(C)c2ccccc2)cc1. The molecule has 5 nitrogen and oxygen atoms in total. The van der Waals surface area contributed by atoms with Gasteiger partial charge in [0.2, 0.25) is 5.91 Å². The summed E-state index contributed by atoms with van der Waals surface area (Å²) in [5.74, 6) is 0.167. The number of amides is 3. The predicted molar refractivity (Wildman–Crippen MR) is 102 cm³/mol. The van der Waals surface area contributed by atoms with Crippen LogP contribution in [0, 0.1) is 0 Å². The van der Waals surface area contributed by atoms with Crippen molar-refractivity contribution < 1.29 is 9.59 Å². The van der Waals surface area contributed by atoms with Crippen LogP contribution in [0.4, 0.5) is 16.2 Å². The zero-order valence-electron chi connectivity index (χ0n) is 15.1. The molecule has 0 aliphatic heterocycles. The summed E-state index contributed by atoms with van der Waals surface area (Å²) in [6.45, 7) is 5.59. The van der Waals surface area contributed by atoms with E-state index in [4.69, 9.17) is 0 Å². The van der Waals surface area contributed by atoms with Crippen LogP contribution in [0.5, 0.6) is 0 Å². The Morgan fingerprint density at radius 3 is 2.12 bits per heavy atom. The molecule has 0 aliphatic rings. The molecule has 0 aromatic heterocycles. The van der Waals surface area contributed by atoms with Crippen LogP contribution < -0.4 is 15.5 Å². The molecule has 0 saturated heterocycles. The number of carbonyl (C=O) groups is 2. The maximum Gasteiger partial charge on any atom is 0.319 e. The van der Waals surface area contributed by atoms with Crippen molar-refractivity contribution in [2.75, 3.05) is 17.3 Å². The van der Waals surface area contributed by atoms with Crippen molar-refractivity contribution in [2.24, 2.45) is 0 Å². The van der Waals surface area contributed by atoms with E-state index in [-0.39, 0.29) is 23.9 Å². The van der Waals surface area contributed by atoms with E-state index in [1.54, 1.807) is 36.2 Å². The smallest absolute Gasteiger partial charge is 0.319 e. The van der Waals surface area contributed by atoms with Gasteiger partial charge >= 0.3 is 6.03 Å². The van der Waals surface area contributed by atoms with E-state index in [0.29, 0.717) is 5.69 Å². The second-order valence-corrected chi connectivity index (χ2v) is 6.21. The van der Waals surface area contributed by atoms with Crippen molar-refractivity contribution in [3.63, 3.8) is 0 Å². The van der Waals surface area contributed by atoms with Crippen LogP contribution in [0.15, 0.2) is 54.6 Å². The van der Waals surface area contributed by atoms with Crippen LogP contribution in [-0.4, -0.2) is 25.0 Å². The fraction of sp³-hybridized carbons (Fsp3) is 0.300. The van der Waals surface area contributed by atoms with E-state index in [1.165, 1.54) is 12.5 Å². The third-order valence-electron chi connectivity index (χ3n) is 4.42. The summed E-state index contributed by atoms with van der Waals surface area (Å²) in [6.07, 6.45) is 0. The van der Waals surface area contributed by atoms with Gasteiger partial charge in [0.25, 0.3) is 0 Å². The van der Waals surface area contributed by atoms with Crippen LogP contribution in [-0.2, 0) is 4.79 Å². The largest absolute Gasteiger partial charge is 0.335 e. The summed E-state index contributed by atoms with van der Waals surface area (Å²) in [7, 11) is 1.71. The van der Waals surface area contributed by atoms with E-state index in [2.05, 4.69) is 29.7 Å². The number of nitrogens with one attached hydrogen (secondary N) is 2. The molecule has 0 radical (unpaired) electrons. The summed E-state index contributed by atoms with van der Waals surface area (Å²) in [4.78, 5) is 25.1. The van der Waals surface area contributed by atoms with E-state index >= 15 is 0 Å². The lowest BCUT2D eigenvalue weighted by Gasteiger charge is -2.22. The first kappa shape index (κ1) is 18.5. The van der Waals surface area contributed by atoms with Crippen LogP contribution in [0.2, 0.25) is 0 Å². The molecule has 2 atom stereocenters. The third kappa shape index (κ3) is 5.08. The standard InChI is InChI=1S/C20H25N3O2/c1-14(17-8-6-5-7-9-17)15(2)21-20(25)22-18-10-12-19(13-11-18)23(4)16(3)24/h5-15H,1-4H3,(H2,21,22,25). The van der Waals surface area contributed by atoms with Gasteiger partial charge in [0.15, 0.2) is 0 Å². The highest BCUT2D eigenvalue weighted by molar-refractivity contribution is 5.92. The van der Waals surface area contributed by atoms with Crippen molar-refractivity contribution in [3.8, 4) is 0 Å². The fourth-order valence-electron chi connectivity index (χ4n) is 2.49. The zero-order chi connectivity index (χ0) is 18.4. The van der Waals surface area contributed by atoms with E-state index < -0.39 is 0 Å². The summed E-state index contributed by atoms with van der Waals surface area (Å²) in [5, 5.41) is 5.79. The van der Waals surface area contributed by atoms with E-state index in [0.717, 1.165) is 5.69 Å². The number of benzene rings is 2. The second kappa shape index (κ2) is 8.33. The lowest BCUT2D eigenvalue weighted by atomic mass is 9.95. The summed E-state index contributed by atoms with van der Waals surface area (Å²) in [6, 6.07) is 17.0. The average molecular weight is 339 g/mol. The highest BCUT2D eigenvalue weighted by atomic mass is 16.2. The molecular formula is C20H25N3O2. The Morgan fingerprint density at radius 1 is 0.960 bits per heavy atom. The summed E-state index contributed by atoms with van der Waals surface area (Å²) in [5.41, 5.74) is 2.65. The number of hydrogen-bond acceptors (Lipinski definition) is 2. The first-order valence-electron chi connectivity index (χ1n) is 8.35. The predicted octanol–water partition coefficient (Wildman–Crippen LogP) is 3.98. The van der Waals surface area contributed by atoms with Crippen molar-refractivity contribution >= 4 is 23.3 Å². The molecule has 2 aromatic carbocycles. The first-order valence-corrected chi connectivity index (χ1v) is 8.35. The minimum absolute atomic E-state index is 0.00878. The van der Waals surface area contributed by atoms with Gasteiger partial charge in [-0.25, -0.2) is 4.79 Å². The number of urea groups is 1. The van der Waals surface area contributed by atoms with Gasteiger partial charge in [-0.1, -0.05) is 37.3 Å². The van der Waals surface area contributed by atoms with Gasteiger partial charge in [0.05, 0.1) is 0 Å². The summed E-state index contributed by atoms with van der Waals surface area (Å²) < 4.78 is 0. The van der Waals surface area contributed by atoms with Crippen molar-refractivity contribution in [1.29, 1.82) is 0 Å². The minimum atomic E-state index is -0.247. The fourth-order valence-corrected chi connectivity index (χ4v) is 2.49. The van der Waals surface area contributed by atoms with E-state index in [1.807, 2.05) is 25.1 Å². The summed E-state index contributed by atoms with van der Waals surface area (Å²) >= 11 is 0. The van der Waals surface area contributed by atoms with Crippen LogP contribution in [0.1, 0.15) is 32.3 Å². The maximum absolute atomic E-state index is 12.2. The Bertz CT molecular complexity index is 713. The molecule has 0 fully saturated rings. The Labute approximate surface area is 149 Å². The monoisotopic (exact) mass is 339 g/mol. The normalized spacial score (nSPS) is 12.8. The minimum Gasteiger partial charge on any atom is -0.335 e. The Hall–Kier alpha value is -2.82. The van der Waals surface area contributed by atoms with Gasteiger partial charge in [-0.3, -0.25) is 4.79 Å². The van der Waals surface area contributed by atoms with Crippen molar-refractivity contribution in [3.05, 3.63) is 60.2 Å². The molecule has 0 heterocycles. The van der Waals surface area contributed by atoms with Crippen LogP contribution in [0.3, 0.4) is 0 Å². The highest BCUT2D eigenvalue weighted by Gasteiger charge is 2.16. The molecule has 0 aliphatic carbocycles. The number of hydrogen-bond donors (Lipinski definition) is 2. The molecule has 0 bridgehead atoms. The third-order valence-corrected chi connectivity index (χ3v) is 4.42. The number of nitrogens with zero attached hydrogens (tertiary/aromatic N) is 1. The average Bonchev–Trinajstić information content (AvgIpc) is 2.61. The van der Waals surface area contributed by atoms with Gasteiger partial charge in [0, 0.05) is 37.3 Å². The molecule has 2 N–H and O–H groups in total. The van der Waals surface area contributed by atoms with Gasteiger partial charge in [-0.15, -0.1) is 0 Å². The molecule has 2 aromatic rings. The van der Waals surface area contributed by atoms with Crippen molar-refractivity contribution in [2.45, 2.75) is 32.7 Å². The van der Waals surface area contributed by atoms with E-state index in [9.17, 15) is 9.59 Å². The van der Waals surface area contributed by atoms with Gasteiger partial charge in [-0.2, -0.15) is 0 Å². The topological polar surface area (TPSA) is 61.4 Å². The zero-order valence-corrected chi connectivity index (χ0v) is 15.1. The molecule has 2 unspecified atom stereocenters. The molecule has 0 spiro atoms. The molecular weight excluding hydrogens is 314 g/mol. The Balaban J connectivity index is 1.92. The van der Waals surface area contributed by atoms with Gasteiger partial charge in [0.1, 0.15) is 0 Å². The molecule has 3 amide bonds. The van der Waals surface area contributed by atoms with Crippen LogP contribution >= 0.6 is 0 Å². The van der Waals surface area contributed by atoms with Gasteiger partial charge < -0.3 is 15.5 Å². The maximum atomic E-state index is 12.2. The molecule has 132 valence electrons. The second-order valence-electron chi connectivity index (χ2n) is 6.21. The molecule has 0 saturated carbocycles. The lowest BCUT2D eigenvalue weighted by Crippen LogP contribution is -2.39. The van der Waals surface area contributed by atoms with Gasteiger partial charge in [-0.05, 0) is 36.8 Å². The molecule has 5 heteroatoms. The van der Waals surface area contributed by atoms with Crippen molar-refractivity contribution in [1.82, 2.24) is 5.32 Å². The quantitative estimate of drug-likeness (QED) is 0.865. The van der Waals surface area contributed by atoms with Crippen LogP contribution in [0.25, 0.3) is 0 Å². The lowest BCUT2D eigenvalue weighted by molar-refractivity contribution is -0.116. The molecule has 2 rings (SSSR count). The molecule has 25 heavy (non-hydrogen) atoms. The number of rotatable bonds is 5. The number of anilines is 2.